The molecule has 0 saturated heterocycles. The molecule has 0 fully saturated rings. The number of benzene rings is 3. The summed E-state index contributed by atoms with van der Waals surface area (Å²) in [7, 11) is 0. The van der Waals surface area contributed by atoms with E-state index in [1.165, 1.54) is 12.1 Å². The van der Waals surface area contributed by atoms with E-state index < -0.39 is 17.6 Å². The van der Waals surface area contributed by atoms with E-state index >= 15 is 0 Å². The molecule has 33 heavy (non-hydrogen) atoms. The molecule has 0 radical (unpaired) electrons. The van der Waals surface area contributed by atoms with E-state index in [-0.39, 0.29) is 6.54 Å². The van der Waals surface area contributed by atoms with Crippen molar-refractivity contribution in [3.63, 3.8) is 0 Å². The smallest absolute Gasteiger partial charge is 0.416 e. The molecule has 3 aromatic carbocycles. The van der Waals surface area contributed by atoms with Crippen LogP contribution < -0.4 is 10.1 Å². The van der Waals surface area contributed by atoms with Crippen molar-refractivity contribution < 1.29 is 22.7 Å². The summed E-state index contributed by atoms with van der Waals surface area (Å²) < 4.78 is 44.4. The standard InChI is InChI=1S/C24H19ClF3N3O2/c1-2-33-21-11-15(23(32)29-13-14-4-3-5-16(10-14)24(26,27)28)6-8-18(21)22-30-19-9-7-17(25)12-20(19)31-22/h3-12H,2,13H2,1H3,(H,29,32)(H,30,31). The topological polar surface area (TPSA) is 67.0 Å². The average Bonchev–Trinajstić information content (AvgIpc) is 3.20. The Bertz CT molecular complexity index is 1320. The number of nitrogens with one attached hydrogen (secondary N) is 2. The number of rotatable bonds is 6. The molecule has 4 aromatic rings. The monoisotopic (exact) mass is 473 g/mol. The number of alkyl halides is 3. The van der Waals surface area contributed by atoms with Crippen molar-refractivity contribution in [2.24, 2.45) is 0 Å². The van der Waals surface area contributed by atoms with Gasteiger partial charge in [0.15, 0.2) is 0 Å². The van der Waals surface area contributed by atoms with Crippen molar-refractivity contribution >= 4 is 28.5 Å². The zero-order valence-corrected chi connectivity index (χ0v) is 18.2. The largest absolute Gasteiger partial charge is 0.493 e. The van der Waals surface area contributed by atoms with E-state index in [1.807, 2.05) is 6.92 Å². The molecule has 170 valence electrons. The summed E-state index contributed by atoms with van der Waals surface area (Å²) in [4.78, 5) is 20.4. The van der Waals surface area contributed by atoms with Crippen molar-refractivity contribution in [1.29, 1.82) is 0 Å². The van der Waals surface area contributed by atoms with E-state index in [9.17, 15) is 18.0 Å². The highest BCUT2D eigenvalue weighted by molar-refractivity contribution is 6.31. The Morgan fingerprint density at radius 2 is 1.94 bits per heavy atom. The second-order valence-electron chi connectivity index (χ2n) is 7.27. The molecule has 4 rings (SSSR count). The highest BCUT2D eigenvalue weighted by Crippen LogP contribution is 2.32. The zero-order chi connectivity index (χ0) is 23.6. The second kappa shape index (κ2) is 9.15. The number of carbonyl (C=O) groups excluding carboxylic acids is 1. The van der Waals surface area contributed by atoms with Crippen molar-refractivity contribution in [3.8, 4) is 17.1 Å². The van der Waals surface area contributed by atoms with Crippen LogP contribution in [-0.4, -0.2) is 22.5 Å². The molecular weight excluding hydrogens is 455 g/mol. The number of H-pyrrole nitrogens is 1. The average molecular weight is 474 g/mol. The third-order valence-corrected chi connectivity index (χ3v) is 5.19. The molecule has 9 heteroatoms. The van der Waals surface area contributed by atoms with Gasteiger partial charge >= 0.3 is 6.18 Å². The van der Waals surface area contributed by atoms with E-state index in [0.717, 1.165) is 23.2 Å². The van der Waals surface area contributed by atoms with E-state index in [0.29, 0.717) is 39.9 Å². The van der Waals surface area contributed by atoms with Crippen LogP contribution in [0.15, 0.2) is 60.7 Å². The highest BCUT2D eigenvalue weighted by Gasteiger charge is 2.30. The van der Waals surface area contributed by atoms with Crippen LogP contribution in [0.5, 0.6) is 5.75 Å². The number of amides is 1. The Morgan fingerprint density at radius 3 is 2.70 bits per heavy atom. The first-order chi connectivity index (χ1) is 15.7. The molecule has 1 amide bonds. The molecule has 0 bridgehead atoms. The maximum Gasteiger partial charge on any atom is 0.416 e. The van der Waals surface area contributed by atoms with Gasteiger partial charge in [-0.3, -0.25) is 4.79 Å². The normalized spacial score (nSPS) is 11.5. The number of aromatic nitrogens is 2. The Labute approximate surface area is 192 Å². The number of halogens is 4. The lowest BCUT2D eigenvalue weighted by molar-refractivity contribution is -0.137. The lowest BCUT2D eigenvalue weighted by Crippen LogP contribution is -2.23. The molecule has 2 N–H and O–H groups in total. The minimum atomic E-state index is -4.44. The van der Waals surface area contributed by atoms with Gasteiger partial charge in [-0.05, 0) is 61.0 Å². The fourth-order valence-electron chi connectivity index (χ4n) is 3.39. The van der Waals surface area contributed by atoms with Crippen LogP contribution in [0.2, 0.25) is 5.02 Å². The summed E-state index contributed by atoms with van der Waals surface area (Å²) >= 11 is 6.04. The fraction of sp³-hybridized carbons (Fsp3) is 0.167. The minimum absolute atomic E-state index is 0.0429. The van der Waals surface area contributed by atoms with Gasteiger partial charge in [-0.2, -0.15) is 13.2 Å². The number of imidazole rings is 1. The molecule has 0 spiro atoms. The summed E-state index contributed by atoms with van der Waals surface area (Å²) in [5.74, 6) is 0.581. The SMILES string of the molecule is CCOc1cc(C(=O)NCc2cccc(C(F)(F)F)c2)ccc1-c1nc2ccc(Cl)cc2[nH]1. The lowest BCUT2D eigenvalue weighted by Gasteiger charge is -2.12. The molecule has 1 heterocycles. The van der Waals surface area contributed by atoms with Gasteiger partial charge in [-0.25, -0.2) is 4.98 Å². The van der Waals surface area contributed by atoms with Crippen LogP contribution in [0.1, 0.15) is 28.4 Å². The van der Waals surface area contributed by atoms with Gasteiger partial charge in [-0.1, -0.05) is 23.7 Å². The number of fused-ring (bicyclic) bond motifs is 1. The molecule has 0 unspecified atom stereocenters. The van der Waals surface area contributed by atoms with Gasteiger partial charge in [0.1, 0.15) is 11.6 Å². The molecule has 0 atom stereocenters. The molecule has 0 aliphatic rings. The summed E-state index contributed by atoms with van der Waals surface area (Å²) in [5, 5.41) is 3.23. The molecule has 0 aliphatic carbocycles. The molecule has 0 aliphatic heterocycles. The van der Waals surface area contributed by atoms with E-state index in [2.05, 4.69) is 15.3 Å². The third-order valence-electron chi connectivity index (χ3n) is 4.95. The van der Waals surface area contributed by atoms with Crippen LogP contribution in [0.3, 0.4) is 0 Å². The number of hydrogen-bond donors (Lipinski definition) is 2. The maximum absolute atomic E-state index is 12.9. The van der Waals surface area contributed by atoms with Gasteiger partial charge < -0.3 is 15.0 Å². The first-order valence-electron chi connectivity index (χ1n) is 10.1. The quantitative estimate of drug-likeness (QED) is 0.349. The van der Waals surface area contributed by atoms with Gasteiger partial charge in [0.25, 0.3) is 5.91 Å². The minimum Gasteiger partial charge on any atom is -0.493 e. The van der Waals surface area contributed by atoms with Crippen LogP contribution >= 0.6 is 11.6 Å². The van der Waals surface area contributed by atoms with Crippen molar-refractivity contribution in [2.45, 2.75) is 19.6 Å². The lowest BCUT2D eigenvalue weighted by atomic mass is 10.1. The van der Waals surface area contributed by atoms with Crippen LogP contribution in [0, 0.1) is 0 Å². The number of aromatic amines is 1. The fourth-order valence-corrected chi connectivity index (χ4v) is 3.56. The summed E-state index contributed by atoms with van der Waals surface area (Å²) in [6.45, 7) is 2.15. The summed E-state index contributed by atoms with van der Waals surface area (Å²) in [6.07, 6.45) is -4.44. The summed E-state index contributed by atoms with van der Waals surface area (Å²) in [6, 6.07) is 15.1. The first-order valence-corrected chi connectivity index (χ1v) is 10.5. The van der Waals surface area contributed by atoms with Gasteiger partial charge in [-0.15, -0.1) is 0 Å². The number of ether oxygens (including phenoxy) is 1. The Balaban J connectivity index is 1.56. The van der Waals surface area contributed by atoms with Crippen molar-refractivity contribution in [2.75, 3.05) is 6.61 Å². The molecule has 5 nitrogen and oxygen atoms in total. The molecular formula is C24H19ClF3N3O2. The third kappa shape index (κ3) is 5.12. The van der Waals surface area contributed by atoms with Gasteiger partial charge in [0.05, 0.1) is 28.8 Å². The Morgan fingerprint density at radius 1 is 1.12 bits per heavy atom. The predicted octanol–water partition coefficient (Wildman–Crippen LogP) is 6.23. The number of nitrogens with zero attached hydrogens (tertiary/aromatic N) is 1. The maximum atomic E-state index is 12.9. The van der Waals surface area contributed by atoms with Crippen LogP contribution in [0.4, 0.5) is 13.2 Å². The van der Waals surface area contributed by atoms with E-state index in [4.69, 9.17) is 16.3 Å². The van der Waals surface area contributed by atoms with Crippen LogP contribution in [0.25, 0.3) is 22.4 Å². The van der Waals surface area contributed by atoms with Crippen molar-refractivity contribution in [3.05, 3.63) is 82.4 Å². The van der Waals surface area contributed by atoms with Gasteiger partial charge in [0, 0.05) is 17.1 Å². The first kappa shape index (κ1) is 22.7. The summed E-state index contributed by atoms with van der Waals surface area (Å²) in [5.41, 5.74) is 2.07. The number of hydrogen-bond acceptors (Lipinski definition) is 3. The predicted molar refractivity (Wildman–Crippen MR) is 120 cm³/mol. The van der Waals surface area contributed by atoms with E-state index in [1.54, 1.807) is 36.4 Å². The van der Waals surface area contributed by atoms with Crippen LogP contribution in [-0.2, 0) is 12.7 Å². The Kier molecular flexibility index (Phi) is 6.29. The zero-order valence-electron chi connectivity index (χ0n) is 17.5. The number of carbonyl (C=O) groups is 1. The molecule has 1 aromatic heterocycles. The van der Waals surface area contributed by atoms with Crippen molar-refractivity contribution in [1.82, 2.24) is 15.3 Å². The van der Waals surface area contributed by atoms with Gasteiger partial charge in [0.2, 0.25) is 0 Å². The second-order valence-corrected chi connectivity index (χ2v) is 7.71. The molecule has 0 saturated carbocycles. The highest BCUT2D eigenvalue weighted by atomic mass is 35.5. The Hall–Kier alpha value is -3.52.